The van der Waals surface area contributed by atoms with E-state index in [1.807, 2.05) is 18.2 Å². The van der Waals surface area contributed by atoms with Gasteiger partial charge in [0.2, 0.25) is 0 Å². The van der Waals surface area contributed by atoms with E-state index in [1.54, 1.807) is 6.07 Å². The van der Waals surface area contributed by atoms with Crippen LogP contribution < -0.4 is 11.1 Å². The van der Waals surface area contributed by atoms with E-state index in [0.717, 1.165) is 5.69 Å². The Morgan fingerprint density at radius 3 is 2.71 bits per heavy atom. The zero-order valence-corrected chi connectivity index (χ0v) is 8.11. The van der Waals surface area contributed by atoms with Gasteiger partial charge in [0, 0.05) is 12.6 Å². The summed E-state index contributed by atoms with van der Waals surface area (Å²) in [5.74, 6) is 0.992. The molecule has 0 spiro atoms. The third-order valence-electron chi connectivity index (χ3n) is 2.69. The summed E-state index contributed by atoms with van der Waals surface area (Å²) in [7, 11) is 0. The van der Waals surface area contributed by atoms with Gasteiger partial charge in [-0.3, -0.25) is 0 Å². The molecule has 0 aromatic heterocycles. The van der Waals surface area contributed by atoms with Crippen LogP contribution in [0.3, 0.4) is 0 Å². The molecule has 4 N–H and O–H groups in total. The summed E-state index contributed by atoms with van der Waals surface area (Å²) in [5.41, 5.74) is 6.45. The molecule has 76 valence electrons. The van der Waals surface area contributed by atoms with Gasteiger partial charge in [0.05, 0.1) is 5.69 Å². The molecule has 0 saturated heterocycles. The van der Waals surface area contributed by atoms with Crippen LogP contribution in [0.15, 0.2) is 24.3 Å². The highest BCUT2D eigenvalue weighted by Gasteiger charge is 2.30. The molecule has 14 heavy (non-hydrogen) atoms. The van der Waals surface area contributed by atoms with Crippen molar-refractivity contribution in [1.29, 1.82) is 0 Å². The number of phenolic OH excluding ortho intramolecular Hbond substituents is 1. The molecule has 0 aliphatic heterocycles. The standard InChI is InChI=1S/C11H16N2O/c12-7-10(8-5-6-8)13-9-3-1-2-4-11(9)14/h1-4,8,10,13-14H,5-7,12H2. The molecule has 1 unspecified atom stereocenters. The first-order valence-corrected chi connectivity index (χ1v) is 5.06. The van der Waals surface area contributed by atoms with Gasteiger partial charge in [-0.25, -0.2) is 0 Å². The van der Waals surface area contributed by atoms with E-state index in [0.29, 0.717) is 24.3 Å². The Kier molecular flexibility index (Phi) is 2.59. The third-order valence-corrected chi connectivity index (χ3v) is 2.69. The lowest BCUT2D eigenvalue weighted by Crippen LogP contribution is -2.30. The monoisotopic (exact) mass is 192 g/mol. The lowest BCUT2D eigenvalue weighted by Gasteiger charge is -2.17. The second-order valence-electron chi connectivity index (χ2n) is 3.84. The number of aromatic hydroxyl groups is 1. The van der Waals surface area contributed by atoms with E-state index in [9.17, 15) is 5.11 Å². The molecule has 1 aromatic rings. The summed E-state index contributed by atoms with van der Waals surface area (Å²) in [6.45, 7) is 0.624. The predicted molar refractivity (Wildman–Crippen MR) is 57.3 cm³/mol. The van der Waals surface area contributed by atoms with Crippen molar-refractivity contribution < 1.29 is 5.11 Å². The van der Waals surface area contributed by atoms with Crippen molar-refractivity contribution in [2.24, 2.45) is 11.7 Å². The van der Waals surface area contributed by atoms with Gasteiger partial charge >= 0.3 is 0 Å². The lowest BCUT2D eigenvalue weighted by atomic mass is 10.1. The van der Waals surface area contributed by atoms with Crippen molar-refractivity contribution >= 4 is 5.69 Å². The van der Waals surface area contributed by atoms with E-state index < -0.39 is 0 Å². The van der Waals surface area contributed by atoms with Gasteiger partial charge in [-0.15, -0.1) is 0 Å². The zero-order valence-electron chi connectivity index (χ0n) is 8.11. The fourth-order valence-electron chi connectivity index (χ4n) is 1.66. The number of nitrogens with two attached hydrogens (primary N) is 1. The molecule has 1 aliphatic carbocycles. The number of phenols is 1. The Bertz CT molecular complexity index is 310. The van der Waals surface area contributed by atoms with Gasteiger partial charge in [-0.05, 0) is 30.9 Å². The summed E-state index contributed by atoms with van der Waals surface area (Å²) >= 11 is 0. The van der Waals surface area contributed by atoms with Crippen molar-refractivity contribution in [3.05, 3.63) is 24.3 Å². The maximum atomic E-state index is 9.55. The van der Waals surface area contributed by atoms with Gasteiger partial charge < -0.3 is 16.2 Å². The molecule has 1 aromatic carbocycles. The number of anilines is 1. The summed E-state index contributed by atoms with van der Waals surface area (Å²) in [5, 5.41) is 12.8. The first kappa shape index (κ1) is 9.34. The molecule has 1 fully saturated rings. The van der Waals surface area contributed by atoms with E-state index in [1.165, 1.54) is 12.8 Å². The average Bonchev–Trinajstić information content (AvgIpc) is 3.00. The molecule has 0 amide bonds. The molecule has 3 nitrogen and oxygen atoms in total. The van der Waals surface area contributed by atoms with Crippen LogP contribution in [-0.2, 0) is 0 Å². The van der Waals surface area contributed by atoms with Crippen molar-refractivity contribution in [2.75, 3.05) is 11.9 Å². The minimum atomic E-state index is 0.298. The number of hydrogen-bond donors (Lipinski definition) is 3. The highest BCUT2D eigenvalue weighted by molar-refractivity contribution is 5.56. The number of rotatable bonds is 4. The van der Waals surface area contributed by atoms with Crippen molar-refractivity contribution in [1.82, 2.24) is 0 Å². The fraction of sp³-hybridized carbons (Fsp3) is 0.455. The first-order chi connectivity index (χ1) is 6.81. The Balaban J connectivity index is 2.04. The highest BCUT2D eigenvalue weighted by atomic mass is 16.3. The normalized spacial score (nSPS) is 17.8. The van der Waals surface area contributed by atoms with Crippen molar-refractivity contribution in [3.8, 4) is 5.75 Å². The number of benzene rings is 1. The average molecular weight is 192 g/mol. The van der Waals surface area contributed by atoms with Crippen LogP contribution in [0.4, 0.5) is 5.69 Å². The smallest absolute Gasteiger partial charge is 0.138 e. The second-order valence-corrected chi connectivity index (χ2v) is 3.84. The molecule has 1 atom stereocenters. The Morgan fingerprint density at radius 1 is 1.43 bits per heavy atom. The summed E-state index contributed by atoms with van der Waals surface area (Å²) in [4.78, 5) is 0. The maximum Gasteiger partial charge on any atom is 0.138 e. The van der Waals surface area contributed by atoms with Gasteiger partial charge in [0.15, 0.2) is 0 Å². The SMILES string of the molecule is NCC(Nc1ccccc1O)C1CC1. The zero-order chi connectivity index (χ0) is 9.97. The molecule has 3 heteroatoms. The molecular formula is C11H16N2O. The highest BCUT2D eigenvalue weighted by Crippen LogP contribution is 2.35. The van der Waals surface area contributed by atoms with Crippen LogP contribution in [0.5, 0.6) is 5.75 Å². The van der Waals surface area contributed by atoms with Crippen molar-refractivity contribution in [3.63, 3.8) is 0 Å². The summed E-state index contributed by atoms with van der Waals surface area (Å²) < 4.78 is 0. The predicted octanol–water partition coefficient (Wildman–Crippen LogP) is 1.54. The van der Waals surface area contributed by atoms with E-state index >= 15 is 0 Å². The maximum absolute atomic E-state index is 9.55. The third kappa shape index (κ3) is 1.99. The van der Waals surface area contributed by atoms with Crippen LogP contribution in [0.2, 0.25) is 0 Å². The number of hydrogen-bond acceptors (Lipinski definition) is 3. The molecule has 0 heterocycles. The molecular weight excluding hydrogens is 176 g/mol. The van der Waals surface area contributed by atoms with Crippen LogP contribution >= 0.6 is 0 Å². The van der Waals surface area contributed by atoms with Crippen LogP contribution in [0, 0.1) is 5.92 Å². The molecule has 1 aliphatic rings. The number of para-hydroxylation sites is 2. The Morgan fingerprint density at radius 2 is 2.14 bits per heavy atom. The number of nitrogens with one attached hydrogen (secondary N) is 1. The largest absolute Gasteiger partial charge is 0.506 e. The minimum absolute atomic E-state index is 0.298. The summed E-state index contributed by atoms with van der Waals surface area (Å²) in [6, 6.07) is 7.59. The van der Waals surface area contributed by atoms with Crippen molar-refractivity contribution in [2.45, 2.75) is 18.9 Å². The van der Waals surface area contributed by atoms with E-state index in [2.05, 4.69) is 5.32 Å². The molecule has 0 radical (unpaired) electrons. The van der Waals surface area contributed by atoms with E-state index in [-0.39, 0.29) is 0 Å². The molecule has 0 bridgehead atoms. The quantitative estimate of drug-likeness (QED) is 0.634. The Labute approximate surface area is 83.9 Å². The lowest BCUT2D eigenvalue weighted by molar-refractivity contribution is 0.475. The molecule has 1 saturated carbocycles. The van der Waals surface area contributed by atoms with Crippen LogP contribution in [0.1, 0.15) is 12.8 Å². The topological polar surface area (TPSA) is 58.3 Å². The fourth-order valence-corrected chi connectivity index (χ4v) is 1.66. The molecule has 2 rings (SSSR count). The van der Waals surface area contributed by atoms with Gasteiger partial charge in [0.25, 0.3) is 0 Å². The van der Waals surface area contributed by atoms with E-state index in [4.69, 9.17) is 5.73 Å². The Hall–Kier alpha value is -1.22. The van der Waals surface area contributed by atoms with Gasteiger partial charge in [-0.2, -0.15) is 0 Å². The first-order valence-electron chi connectivity index (χ1n) is 5.06. The minimum Gasteiger partial charge on any atom is -0.506 e. The van der Waals surface area contributed by atoms with Crippen LogP contribution in [-0.4, -0.2) is 17.7 Å². The van der Waals surface area contributed by atoms with Gasteiger partial charge in [0.1, 0.15) is 5.75 Å². The van der Waals surface area contributed by atoms with Gasteiger partial charge in [-0.1, -0.05) is 12.1 Å². The summed E-state index contributed by atoms with van der Waals surface area (Å²) in [6.07, 6.45) is 2.50. The van der Waals surface area contributed by atoms with Crippen LogP contribution in [0.25, 0.3) is 0 Å². The second kappa shape index (κ2) is 3.88.